The zero-order chi connectivity index (χ0) is 11.3. The number of esters is 1. The number of hydrogen-bond acceptors (Lipinski definition) is 4. The van der Waals surface area contributed by atoms with Crippen molar-refractivity contribution in [3.8, 4) is 0 Å². The van der Waals surface area contributed by atoms with Crippen molar-refractivity contribution in [3.63, 3.8) is 0 Å². The Morgan fingerprint density at radius 3 is 2.00 bits per heavy atom. The molecule has 0 saturated carbocycles. The second-order valence-corrected chi connectivity index (χ2v) is 3.21. The SMILES string of the molecule is CCOC(=O)C(C)C(=O)C(C)C(C)=O. The molecule has 0 fully saturated rings. The van der Waals surface area contributed by atoms with Crippen LogP contribution in [-0.2, 0) is 19.1 Å². The second kappa shape index (κ2) is 5.52. The fourth-order valence-corrected chi connectivity index (χ4v) is 0.959. The Morgan fingerprint density at radius 2 is 1.64 bits per heavy atom. The van der Waals surface area contributed by atoms with E-state index in [1.165, 1.54) is 20.8 Å². The maximum atomic E-state index is 11.5. The summed E-state index contributed by atoms with van der Waals surface area (Å²) in [5, 5.41) is 0. The van der Waals surface area contributed by atoms with Crippen LogP contribution in [0.3, 0.4) is 0 Å². The topological polar surface area (TPSA) is 60.4 Å². The van der Waals surface area contributed by atoms with Gasteiger partial charge in [0.05, 0.1) is 12.5 Å². The second-order valence-electron chi connectivity index (χ2n) is 3.21. The number of rotatable bonds is 5. The van der Waals surface area contributed by atoms with Gasteiger partial charge in [-0.3, -0.25) is 14.4 Å². The maximum Gasteiger partial charge on any atom is 0.316 e. The smallest absolute Gasteiger partial charge is 0.316 e. The van der Waals surface area contributed by atoms with Gasteiger partial charge in [0.2, 0.25) is 0 Å². The first-order valence-electron chi connectivity index (χ1n) is 4.62. The molecule has 0 rings (SSSR count). The van der Waals surface area contributed by atoms with E-state index in [9.17, 15) is 14.4 Å². The first-order valence-corrected chi connectivity index (χ1v) is 4.62. The van der Waals surface area contributed by atoms with Gasteiger partial charge in [-0.15, -0.1) is 0 Å². The Kier molecular flexibility index (Phi) is 5.05. The maximum absolute atomic E-state index is 11.5. The third-order valence-corrected chi connectivity index (χ3v) is 2.10. The van der Waals surface area contributed by atoms with Crippen molar-refractivity contribution in [2.24, 2.45) is 11.8 Å². The Hall–Kier alpha value is -1.19. The zero-order valence-electron chi connectivity index (χ0n) is 8.99. The standard InChI is InChI=1S/C10H16O4/c1-5-14-10(13)7(3)9(12)6(2)8(4)11/h6-7H,5H2,1-4H3. The van der Waals surface area contributed by atoms with Gasteiger partial charge in [-0.05, 0) is 27.7 Å². The summed E-state index contributed by atoms with van der Waals surface area (Å²) in [6.07, 6.45) is 0. The van der Waals surface area contributed by atoms with Crippen LogP contribution in [0.25, 0.3) is 0 Å². The van der Waals surface area contributed by atoms with E-state index in [2.05, 4.69) is 4.74 Å². The molecule has 2 unspecified atom stereocenters. The molecule has 0 aliphatic heterocycles. The Balaban J connectivity index is 4.38. The van der Waals surface area contributed by atoms with E-state index in [0.717, 1.165) is 0 Å². The molecule has 2 atom stereocenters. The van der Waals surface area contributed by atoms with E-state index < -0.39 is 17.8 Å². The number of ether oxygens (including phenoxy) is 1. The van der Waals surface area contributed by atoms with Crippen molar-refractivity contribution in [2.75, 3.05) is 6.61 Å². The minimum absolute atomic E-state index is 0.230. The highest BCUT2D eigenvalue weighted by molar-refractivity contribution is 6.08. The summed E-state index contributed by atoms with van der Waals surface area (Å²) in [6.45, 7) is 6.20. The van der Waals surface area contributed by atoms with Gasteiger partial charge in [0.1, 0.15) is 11.7 Å². The molecular formula is C10H16O4. The Bertz CT molecular complexity index is 245. The lowest BCUT2D eigenvalue weighted by Gasteiger charge is -2.12. The average Bonchev–Trinajstić information content (AvgIpc) is 2.14. The fourth-order valence-electron chi connectivity index (χ4n) is 0.959. The van der Waals surface area contributed by atoms with Crippen LogP contribution in [0.15, 0.2) is 0 Å². The molecule has 14 heavy (non-hydrogen) atoms. The molecule has 4 heteroatoms. The van der Waals surface area contributed by atoms with Crippen molar-refractivity contribution in [3.05, 3.63) is 0 Å². The van der Waals surface area contributed by atoms with E-state index >= 15 is 0 Å². The zero-order valence-corrected chi connectivity index (χ0v) is 8.99. The fraction of sp³-hybridized carbons (Fsp3) is 0.700. The molecule has 0 radical (unpaired) electrons. The Morgan fingerprint density at radius 1 is 1.14 bits per heavy atom. The van der Waals surface area contributed by atoms with Gasteiger partial charge in [-0.1, -0.05) is 0 Å². The van der Waals surface area contributed by atoms with Gasteiger partial charge < -0.3 is 4.74 Å². The molecule has 0 amide bonds. The van der Waals surface area contributed by atoms with Crippen molar-refractivity contribution < 1.29 is 19.1 Å². The number of carbonyl (C=O) groups excluding carboxylic acids is 3. The predicted octanol–water partition coefficient (Wildman–Crippen LogP) is 0.980. The van der Waals surface area contributed by atoms with Crippen LogP contribution in [0.5, 0.6) is 0 Å². The molecule has 0 spiro atoms. The average molecular weight is 200 g/mol. The minimum Gasteiger partial charge on any atom is -0.465 e. The molecule has 0 bridgehead atoms. The third kappa shape index (κ3) is 3.28. The third-order valence-electron chi connectivity index (χ3n) is 2.10. The van der Waals surface area contributed by atoms with Gasteiger partial charge in [-0.2, -0.15) is 0 Å². The van der Waals surface area contributed by atoms with Crippen LogP contribution in [0.2, 0.25) is 0 Å². The number of hydrogen-bond donors (Lipinski definition) is 0. The lowest BCUT2D eigenvalue weighted by Crippen LogP contribution is -2.30. The van der Waals surface area contributed by atoms with Crippen LogP contribution in [0.4, 0.5) is 0 Å². The van der Waals surface area contributed by atoms with E-state index in [-0.39, 0.29) is 18.2 Å². The summed E-state index contributed by atoms with van der Waals surface area (Å²) < 4.78 is 4.68. The molecule has 0 aromatic rings. The van der Waals surface area contributed by atoms with Crippen LogP contribution >= 0.6 is 0 Å². The molecule has 4 nitrogen and oxygen atoms in total. The molecule has 0 aromatic carbocycles. The summed E-state index contributed by atoms with van der Waals surface area (Å²) in [5.41, 5.74) is 0. The summed E-state index contributed by atoms with van der Waals surface area (Å²) >= 11 is 0. The molecule has 80 valence electrons. The number of Topliss-reactive ketones (excluding diaryl/α,β-unsaturated/α-hetero) is 2. The van der Waals surface area contributed by atoms with Crippen LogP contribution < -0.4 is 0 Å². The first kappa shape index (κ1) is 12.8. The minimum atomic E-state index is -0.853. The molecule has 0 aliphatic rings. The molecular weight excluding hydrogens is 184 g/mol. The van der Waals surface area contributed by atoms with Gasteiger partial charge in [0.15, 0.2) is 5.78 Å². The van der Waals surface area contributed by atoms with Gasteiger partial charge in [0, 0.05) is 0 Å². The Labute approximate surface area is 83.6 Å². The van der Waals surface area contributed by atoms with Gasteiger partial charge in [-0.25, -0.2) is 0 Å². The molecule has 0 aliphatic carbocycles. The van der Waals surface area contributed by atoms with Gasteiger partial charge >= 0.3 is 5.97 Å². The van der Waals surface area contributed by atoms with E-state index in [0.29, 0.717) is 0 Å². The molecule has 0 heterocycles. The lowest BCUT2D eigenvalue weighted by atomic mass is 9.93. The van der Waals surface area contributed by atoms with Crippen molar-refractivity contribution in [1.82, 2.24) is 0 Å². The molecule has 0 aromatic heterocycles. The highest BCUT2D eigenvalue weighted by Gasteiger charge is 2.29. The quantitative estimate of drug-likeness (QED) is 0.490. The van der Waals surface area contributed by atoms with Crippen LogP contribution in [0.1, 0.15) is 27.7 Å². The predicted molar refractivity (Wildman–Crippen MR) is 50.6 cm³/mol. The largest absolute Gasteiger partial charge is 0.465 e. The van der Waals surface area contributed by atoms with Crippen LogP contribution in [-0.4, -0.2) is 24.1 Å². The number of ketones is 2. The van der Waals surface area contributed by atoms with E-state index in [1.54, 1.807) is 6.92 Å². The highest BCUT2D eigenvalue weighted by Crippen LogP contribution is 2.09. The van der Waals surface area contributed by atoms with E-state index in [4.69, 9.17) is 0 Å². The number of carbonyl (C=O) groups is 3. The van der Waals surface area contributed by atoms with Crippen molar-refractivity contribution in [1.29, 1.82) is 0 Å². The molecule has 0 saturated heterocycles. The van der Waals surface area contributed by atoms with Crippen molar-refractivity contribution in [2.45, 2.75) is 27.7 Å². The van der Waals surface area contributed by atoms with Crippen molar-refractivity contribution >= 4 is 17.5 Å². The summed E-state index contributed by atoms with van der Waals surface area (Å²) in [5.74, 6) is -2.75. The lowest BCUT2D eigenvalue weighted by molar-refractivity contribution is -0.152. The summed E-state index contributed by atoms with van der Waals surface area (Å²) in [6, 6.07) is 0. The normalized spacial score (nSPS) is 14.3. The highest BCUT2D eigenvalue weighted by atomic mass is 16.5. The summed E-state index contributed by atoms with van der Waals surface area (Å²) in [4.78, 5) is 33.5. The first-order chi connectivity index (χ1) is 6.41. The molecule has 0 N–H and O–H groups in total. The summed E-state index contributed by atoms with van der Waals surface area (Å²) in [7, 11) is 0. The van der Waals surface area contributed by atoms with Gasteiger partial charge in [0.25, 0.3) is 0 Å². The van der Waals surface area contributed by atoms with Crippen LogP contribution in [0, 0.1) is 11.8 Å². The van der Waals surface area contributed by atoms with E-state index in [1.807, 2.05) is 0 Å². The monoisotopic (exact) mass is 200 g/mol.